The third-order valence-corrected chi connectivity index (χ3v) is 5.53. The van der Waals surface area contributed by atoms with E-state index in [2.05, 4.69) is 4.90 Å². The number of hydrogen-bond acceptors (Lipinski definition) is 2. The van der Waals surface area contributed by atoms with Crippen molar-refractivity contribution in [3.8, 4) is 0 Å². The van der Waals surface area contributed by atoms with Gasteiger partial charge in [0.05, 0.1) is 0 Å². The molecule has 0 N–H and O–H groups in total. The van der Waals surface area contributed by atoms with Crippen LogP contribution in [0.25, 0.3) is 0 Å². The van der Waals surface area contributed by atoms with E-state index < -0.39 is 0 Å². The van der Waals surface area contributed by atoms with Crippen molar-refractivity contribution in [1.29, 1.82) is 0 Å². The van der Waals surface area contributed by atoms with E-state index in [9.17, 15) is 9.18 Å². The van der Waals surface area contributed by atoms with Gasteiger partial charge in [-0.2, -0.15) is 0 Å². The number of nitrogens with zero attached hydrogens (tertiary/aromatic N) is 1. The van der Waals surface area contributed by atoms with Gasteiger partial charge in [-0.05, 0) is 62.1 Å². The predicted octanol–water partition coefficient (Wildman–Crippen LogP) is 3.24. The van der Waals surface area contributed by atoms with Gasteiger partial charge in [-0.3, -0.25) is 4.79 Å². The van der Waals surface area contributed by atoms with E-state index in [0.717, 1.165) is 45.1 Å². The van der Waals surface area contributed by atoms with Crippen molar-refractivity contribution >= 4 is 5.91 Å². The molecule has 0 saturated carbocycles. The highest BCUT2D eigenvalue weighted by molar-refractivity contribution is 5.82. The van der Waals surface area contributed by atoms with Crippen molar-refractivity contribution in [2.45, 2.75) is 62.6 Å². The average molecular weight is 303 g/mol. The summed E-state index contributed by atoms with van der Waals surface area (Å²) in [6, 6.07) is 7.56. The Morgan fingerprint density at radius 1 is 1.09 bits per heavy atom. The molecule has 3 nitrogen and oxygen atoms in total. The molecule has 2 bridgehead atoms. The zero-order valence-electron chi connectivity index (χ0n) is 12.7. The van der Waals surface area contributed by atoms with E-state index in [-0.39, 0.29) is 17.8 Å². The normalized spacial score (nSPS) is 34.1. The van der Waals surface area contributed by atoms with Crippen LogP contribution in [0.4, 0.5) is 4.39 Å². The lowest BCUT2D eigenvalue weighted by molar-refractivity contribution is -0.145. The predicted molar refractivity (Wildman–Crippen MR) is 81.0 cm³/mol. The van der Waals surface area contributed by atoms with Crippen molar-refractivity contribution in [2.24, 2.45) is 0 Å². The van der Waals surface area contributed by atoms with Crippen molar-refractivity contribution in [1.82, 2.24) is 4.90 Å². The second-order valence-electron chi connectivity index (χ2n) is 6.85. The lowest BCUT2D eigenvalue weighted by atomic mass is 9.85. The minimum absolute atomic E-state index is 0.183. The molecule has 1 aromatic rings. The molecule has 0 radical (unpaired) electrons. The molecule has 4 rings (SSSR count). The first kappa shape index (κ1) is 14.2. The fourth-order valence-electron chi connectivity index (χ4n) is 4.48. The van der Waals surface area contributed by atoms with Crippen molar-refractivity contribution in [2.75, 3.05) is 6.61 Å². The van der Waals surface area contributed by atoms with Crippen molar-refractivity contribution < 1.29 is 13.9 Å². The summed E-state index contributed by atoms with van der Waals surface area (Å²) >= 11 is 0. The summed E-state index contributed by atoms with van der Waals surface area (Å²) in [5.41, 5.74) is 1.21. The Hall–Kier alpha value is -1.42. The Labute approximate surface area is 130 Å². The van der Waals surface area contributed by atoms with E-state index in [4.69, 9.17) is 4.74 Å². The third-order valence-electron chi connectivity index (χ3n) is 5.53. The van der Waals surface area contributed by atoms with Crippen molar-refractivity contribution in [3.05, 3.63) is 35.6 Å². The van der Waals surface area contributed by atoms with E-state index in [1.807, 2.05) is 12.1 Å². The Bertz CT molecular complexity index is 539. The Balaban J connectivity index is 1.49. The van der Waals surface area contributed by atoms with Gasteiger partial charge in [0.15, 0.2) is 0 Å². The molecule has 0 aromatic heterocycles. The number of fused-ring (bicyclic) bond motifs is 2. The van der Waals surface area contributed by atoms with Gasteiger partial charge in [-0.1, -0.05) is 12.1 Å². The number of hydrogen-bond donors (Lipinski definition) is 0. The Kier molecular flexibility index (Phi) is 3.65. The van der Waals surface area contributed by atoms with E-state index >= 15 is 0 Å². The number of carbonyl (C=O) groups excluding carboxylic acids is 1. The lowest BCUT2D eigenvalue weighted by Crippen LogP contribution is -2.49. The van der Waals surface area contributed by atoms with Crippen LogP contribution in [0.1, 0.15) is 50.0 Å². The first-order valence-corrected chi connectivity index (χ1v) is 8.41. The lowest BCUT2D eigenvalue weighted by Gasteiger charge is -2.40. The molecule has 3 atom stereocenters. The standard InChI is InChI=1S/C18H22FNO2/c19-14-5-3-12(4-6-14)13-10-15-7-8-16(11-13)20(15)18(21)17-2-1-9-22-17/h3-6,13,15-17H,1-2,7-11H2. The highest BCUT2D eigenvalue weighted by Crippen LogP contribution is 2.43. The summed E-state index contributed by atoms with van der Waals surface area (Å²) in [7, 11) is 0. The van der Waals surface area contributed by atoms with Crippen LogP contribution in [0.3, 0.4) is 0 Å². The summed E-state index contributed by atoms with van der Waals surface area (Å²) in [6.07, 6.45) is 5.86. The fourth-order valence-corrected chi connectivity index (χ4v) is 4.48. The first-order valence-electron chi connectivity index (χ1n) is 8.41. The van der Waals surface area contributed by atoms with Gasteiger partial charge in [-0.15, -0.1) is 0 Å². The van der Waals surface area contributed by atoms with Gasteiger partial charge in [0.25, 0.3) is 5.91 Å². The quantitative estimate of drug-likeness (QED) is 0.839. The molecular formula is C18H22FNO2. The fraction of sp³-hybridized carbons (Fsp3) is 0.611. The number of amides is 1. The Morgan fingerprint density at radius 2 is 1.77 bits per heavy atom. The van der Waals surface area contributed by atoms with E-state index in [1.54, 1.807) is 12.1 Å². The average Bonchev–Trinajstić information content (AvgIpc) is 3.14. The zero-order valence-corrected chi connectivity index (χ0v) is 12.7. The van der Waals surface area contributed by atoms with Crippen LogP contribution in [-0.4, -0.2) is 35.6 Å². The van der Waals surface area contributed by atoms with Crippen LogP contribution in [0, 0.1) is 5.82 Å². The number of ether oxygens (including phenoxy) is 1. The number of benzene rings is 1. The second kappa shape index (κ2) is 5.65. The molecule has 3 unspecified atom stereocenters. The molecule has 3 fully saturated rings. The number of piperidine rings is 1. The summed E-state index contributed by atoms with van der Waals surface area (Å²) in [5.74, 6) is 0.479. The highest BCUT2D eigenvalue weighted by atomic mass is 19.1. The maximum absolute atomic E-state index is 13.1. The van der Waals surface area contributed by atoms with Gasteiger partial charge >= 0.3 is 0 Å². The number of halogens is 1. The van der Waals surface area contributed by atoms with Crippen LogP contribution in [0.15, 0.2) is 24.3 Å². The second-order valence-corrected chi connectivity index (χ2v) is 6.85. The molecule has 3 saturated heterocycles. The molecule has 0 aliphatic carbocycles. The van der Waals surface area contributed by atoms with Crippen LogP contribution in [0.2, 0.25) is 0 Å². The maximum Gasteiger partial charge on any atom is 0.252 e. The first-order chi connectivity index (χ1) is 10.7. The topological polar surface area (TPSA) is 29.5 Å². The van der Waals surface area contributed by atoms with Crippen LogP contribution >= 0.6 is 0 Å². The van der Waals surface area contributed by atoms with Gasteiger partial charge < -0.3 is 9.64 Å². The highest BCUT2D eigenvalue weighted by Gasteiger charge is 2.45. The number of carbonyl (C=O) groups is 1. The molecular weight excluding hydrogens is 281 g/mol. The van der Waals surface area contributed by atoms with Crippen molar-refractivity contribution in [3.63, 3.8) is 0 Å². The molecule has 3 aliphatic heterocycles. The largest absolute Gasteiger partial charge is 0.368 e. The maximum atomic E-state index is 13.1. The summed E-state index contributed by atoms with van der Waals surface area (Å²) < 4.78 is 18.7. The zero-order chi connectivity index (χ0) is 15.1. The molecule has 0 spiro atoms. The summed E-state index contributed by atoms with van der Waals surface area (Å²) in [4.78, 5) is 14.8. The van der Waals surface area contributed by atoms with Gasteiger partial charge in [-0.25, -0.2) is 4.39 Å². The minimum atomic E-state index is -0.203. The Morgan fingerprint density at radius 3 is 2.36 bits per heavy atom. The summed E-state index contributed by atoms with van der Waals surface area (Å²) in [6.45, 7) is 0.720. The van der Waals surface area contributed by atoms with Crippen LogP contribution in [-0.2, 0) is 9.53 Å². The third kappa shape index (κ3) is 2.43. The van der Waals surface area contributed by atoms with Crippen LogP contribution < -0.4 is 0 Å². The molecule has 3 aliphatic rings. The smallest absolute Gasteiger partial charge is 0.252 e. The molecule has 1 amide bonds. The SMILES string of the molecule is O=C(C1CCCO1)N1C2CCC1CC(c1ccc(F)cc1)C2. The minimum Gasteiger partial charge on any atom is -0.368 e. The molecule has 1 aromatic carbocycles. The monoisotopic (exact) mass is 303 g/mol. The van der Waals surface area contributed by atoms with Gasteiger partial charge in [0.1, 0.15) is 11.9 Å². The van der Waals surface area contributed by atoms with Gasteiger partial charge in [0, 0.05) is 18.7 Å². The molecule has 22 heavy (non-hydrogen) atoms. The van der Waals surface area contributed by atoms with E-state index in [0.29, 0.717) is 18.0 Å². The van der Waals surface area contributed by atoms with Crippen LogP contribution in [0.5, 0.6) is 0 Å². The molecule has 4 heteroatoms. The van der Waals surface area contributed by atoms with E-state index in [1.165, 1.54) is 5.56 Å². The molecule has 118 valence electrons. The number of rotatable bonds is 2. The molecule has 3 heterocycles. The van der Waals surface area contributed by atoms with Gasteiger partial charge in [0.2, 0.25) is 0 Å². The summed E-state index contributed by atoms with van der Waals surface area (Å²) in [5, 5.41) is 0.